The molecule has 2 heterocycles. The van der Waals surface area contributed by atoms with Crippen LogP contribution in [0.25, 0.3) is 11.0 Å². The fourth-order valence-corrected chi connectivity index (χ4v) is 2.58. The summed E-state index contributed by atoms with van der Waals surface area (Å²) in [4.78, 5) is 8.90. The minimum absolute atomic E-state index is 0.563. The molecule has 0 aliphatic rings. The van der Waals surface area contributed by atoms with Gasteiger partial charge in [-0.15, -0.1) is 0 Å². The number of rotatable bonds is 9. The van der Waals surface area contributed by atoms with Crippen molar-refractivity contribution in [3.63, 3.8) is 0 Å². The number of unbranched alkanes of at least 4 members (excludes halogenated alkanes) is 3. The first kappa shape index (κ1) is 15.8. The Kier molecular flexibility index (Phi) is 5.99. The molecule has 0 aliphatic carbocycles. The number of nitrogen functional groups attached to an aromatic ring is 1. The van der Waals surface area contributed by atoms with E-state index in [9.17, 15) is 0 Å². The molecule has 0 amide bonds. The van der Waals surface area contributed by atoms with Gasteiger partial charge in [-0.2, -0.15) is 0 Å². The van der Waals surface area contributed by atoms with E-state index < -0.39 is 0 Å². The second kappa shape index (κ2) is 7.98. The Labute approximate surface area is 127 Å². The summed E-state index contributed by atoms with van der Waals surface area (Å²) in [6.07, 6.45) is 8.82. The number of nitrogens with one attached hydrogen (secondary N) is 1. The normalized spacial score (nSPS) is 11.3. The highest BCUT2D eigenvalue weighted by molar-refractivity contribution is 5.85. The Balaban J connectivity index is 2.11. The van der Waals surface area contributed by atoms with E-state index in [1.165, 1.54) is 25.7 Å². The number of nitrogens with two attached hydrogens (primary N) is 1. The summed E-state index contributed by atoms with van der Waals surface area (Å²) in [6, 6.07) is 2.16. The van der Waals surface area contributed by atoms with Crippen LogP contribution in [0.5, 0.6) is 0 Å². The Morgan fingerprint density at radius 2 is 2.10 bits per heavy atom. The fourth-order valence-electron chi connectivity index (χ4n) is 2.58. The lowest BCUT2D eigenvalue weighted by molar-refractivity contribution is 0.600. The Morgan fingerprint density at radius 1 is 1.24 bits per heavy atom. The Hall–Kier alpha value is -1.62. The first-order valence-corrected chi connectivity index (χ1v) is 8.01. The maximum atomic E-state index is 6.05. The summed E-state index contributed by atoms with van der Waals surface area (Å²) in [5, 5.41) is 3.18. The number of anilines is 1. The summed E-state index contributed by atoms with van der Waals surface area (Å²) in [5.74, 6) is 0.563. The topological polar surface area (TPSA) is 68.8 Å². The molecule has 0 saturated carbocycles. The number of nitrogens with zero attached hydrogens (tertiary/aromatic N) is 3. The number of pyridine rings is 1. The van der Waals surface area contributed by atoms with Crippen molar-refractivity contribution >= 4 is 16.9 Å². The molecule has 0 saturated heterocycles. The Bertz CT molecular complexity index is 561. The van der Waals surface area contributed by atoms with Crippen molar-refractivity contribution in [3.05, 3.63) is 18.1 Å². The maximum absolute atomic E-state index is 6.05. The van der Waals surface area contributed by atoms with Crippen molar-refractivity contribution in [3.8, 4) is 0 Å². The van der Waals surface area contributed by atoms with Gasteiger partial charge in [0.05, 0.1) is 11.8 Å². The zero-order valence-corrected chi connectivity index (χ0v) is 13.2. The monoisotopic (exact) mass is 289 g/mol. The molecule has 0 atom stereocenters. The van der Waals surface area contributed by atoms with E-state index in [2.05, 4.69) is 32.8 Å². The van der Waals surface area contributed by atoms with Crippen molar-refractivity contribution in [2.24, 2.45) is 0 Å². The molecule has 5 heteroatoms. The van der Waals surface area contributed by atoms with Crippen LogP contribution in [-0.2, 0) is 13.0 Å². The highest BCUT2D eigenvalue weighted by Crippen LogP contribution is 2.20. The van der Waals surface area contributed by atoms with Crippen molar-refractivity contribution in [1.29, 1.82) is 0 Å². The first-order valence-electron chi connectivity index (χ1n) is 8.01. The number of aromatic nitrogens is 3. The number of aryl methyl sites for hydroxylation is 2. The molecule has 0 bridgehead atoms. The van der Waals surface area contributed by atoms with Crippen molar-refractivity contribution in [2.45, 2.75) is 52.0 Å². The second-order valence-corrected chi connectivity index (χ2v) is 5.57. The van der Waals surface area contributed by atoms with Gasteiger partial charge in [0.2, 0.25) is 0 Å². The van der Waals surface area contributed by atoms with E-state index in [0.717, 1.165) is 42.7 Å². The molecule has 5 nitrogen and oxygen atoms in total. The lowest BCUT2D eigenvalue weighted by Crippen LogP contribution is -2.08. The van der Waals surface area contributed by atoms with Gasteiger partial charge >= 0.3 is 0 Å². The van der Waals surface area contributed by atoms with Gasteiger partial charge in [0.15, 0.2) is 5.82 Å². The minimum Gasteiger partial charge on any atom is -0.382 e. The third kappa shape index (κ3) is 4.17. The van der Waals surface area contributed by atoms with Crippen LogP contribution in [-0.4, -0.2) is 28.1 Å². The lowest BCUT2D eigenvalue weighted by atomic mass is 10.1. The average molecular weight is 289 g/mol. The van der Waals surface area contributed by atoms with Gasteiger partial charge in [-0.25, -0.2) is 9.97 Å². The third-order valence-electron chi connectivity index (χ3n) is 3.80. The summed E-state index contributed by atoms with van der Waals surface area (Å²) >= 11 is 0. The van der Waals surface area contributed by atoms with Crippen LogP contribution in [0.2, 0.25) is 0 Å². The van der Waals surface area contributed by atoms with Crippen LogP contribution >= 0.6 is 0 Å². The molecule has 0 radical (unpaired) electrons. The van der Waals surface area contributed by atoms with E-state index in [0.29, 0.717) is 5.82 Å². The highest BCUT2D eigenvalue weighted by Gasteiger charge is 2.09. The SMILES string of the molecule is CCCCCc1cc2c(ncn2CCCCNC)c(N)n1. The number of imidazole rings is 1. The number of hydrogen-bond donors (Lipinski definition) is 2. The first-order chi connectivity index (χ1) is 10.3. The van der Waals surface area contributed by atoms with Crippen LogP contribution in [0, 0.1) is 0 Å². The van der Waals surface area contributed by atoms with Gasteiger partial charge in [0.25, 0.3) is 0 Å². The van der Waals surface area contributed by atoms with Gasteiger partial charge < -0.3 is 15.6 Å². The van der Waals surface area contributed by atoms with Crippen LogP contribution < -0.4 is 11.1 Å². The van der Waals surface area contributed by atoms with Crippen molar-refractivity contribution < 1.29 is 0 Å². The van der Waals surface area contributed by atoms with Gasteiger partial charge in [0.1, 0.15) is 5.52 Å². The molecule has 0 aromatic carbocycles. The van der Waals surface area contributed by atoms with E-state index >= 15 is 0 Å². The van der Waals surface area contributed by atoms with E-state index in [4.69, 9.17) is 5.73 Å². The smallest absolute Gasteiger partial charge is 0.151 e. The molecule has 2 aromatic rings. The average Bonchev–Trinajstić information content (AvgIpc) is 2.88. The van der Waals surface area contributed by atoms with Crippen molar-refractivity contribution in [1.82, 2.24) is 19.9 Å². The largest absolute Gasteiger partial charge is 0.382 e. The minimum atomic E-state index is 0.563. The zero-order chi connectivity index (χ0) is 15.1. The van der Waals surface area contributed by atoms with Gasteiger partial charge in [-0.05, 0) is 45.3 Å². The van der Waals surface area contributed by atoms with Gasteiger partial charge in [-0.3, -0.25) is 0 Å². The predicted octanol–water partition coefficient (Wildman–Crippen LogP) is 2.75. The molecular formula is C16H27N5. The molecule has 0 unspecified atom stereocenters. The summed E-state index contributed by atoms with van der Waals surface area (Å²) in [7, 11) is 1.99. The van der Waals surface area contributed by atoms with Gasteiger partial charge in [-0.1, -0.05) is 19.8 Å². The standard InChI is InChI=1S/C16H27N5/c1-3-4-5-8-13-11-14-15(16(17)20-13)19-12-21(14)10-7-6-9-18-2/h11-12,18H,3-10H2,1-2H3,(H2,17,20). The molecule has 0 aliphatic heterocycles. The molecule has 2 rings (SSSR count). The lowest BCUT2D eigenvalue weighted by Gasteiger charge is -2.07. The molecule has 2 aromatic heterocycles. The molecule has 0 fully saturated rings. The number of hydrogen-bond acceptors (Lipinski definition) is 4. The quantitative estimate of drug-likeness (QED) is 0.696. The van der Waals surface area contributed by atoms with Crippen LogP contribution in [0.3, 0.4) is 0 Å². The summed E-state index contributed by atoms with van der Waals surface area (Å²) in [6.45, 7) is 4.25. The molecule has 116 valence electrons. The molecule has 0 spiro atoms. The molecule has 21 heavy (non-hydrogen) atoms. The second-order valence-electron chi connectivity index (χ2n) is 5.57. The van der Waals surface area contributed by atoms with E-state index in [1.807, 2.05) is 13.4 Å². The van der Waals surface area contributed by atoms with Gasteiger partial charge in [0, 0.05) is 12.2 Å². The Morgan fingerprint density at radius 3 is 2.86 bits per heavy atom. The fraction of sp³-hybridized carbons (Fsp3) is 0.625. The predicted molar refractivity (Wildman–Crippen MR) is 88.3 cm³/mol. The van der Waals surface area contributed by atoms with Crippen molar-refractivity contribution in [2.75, 3.05) is 19.3 Å². The summed E-state index contributed by atoms with van der Waals surface area (Å²) < 4.78 is 2.20. The third-order valence-corrected chi connectivity index (χ3v) is 3.80. The molecular weight excluding hydrogens is 262 g/mol. The van der Waals surface area contributed by atoms with Crippen LogP contribution in [0.4, 0.5) is 5.82 Å². The van der Waals surface area contributed by atoms with E-state index in [-0.39, 0.29) is 0 Å². The zero-order valence-electron chi connectivity index (χ0n) is 13.2. The highest BCUT2D eigenvalue weighted by atomic mass is 15.1. The molecule has 3 N–H and O–H groups in total. The van der Waals surface area contributed by atoms with Crippen LogP contribution in [0.1, 0.15) is 44.7 Å². The van der Waals surface area contributed by atoms with Crippen LogP contribution in [0.15, 0.2) is 12.4 Å². The summed E-state index contributed by atoms with van der Waals surface area (Å²) in [5.41, 5.74) is 9.10. The maximum Gasteiger partial charge on any atom is 0.151 e. The van der Waals surface area contributed by atoms with E-state index in [1.54, 1.807) is 0 Å². The number of fused-ring (bicyclic) bond motifs is 1.